The number of rotatable bonds is 12. The molecule has 0 fully saturated rings. The van der Waals surface area contributed by atoms with E-state index in [1.807, 2.05) is 36.4 Å². The molecule has 9 heteroatoms. The average molecular weight is 584 g/mol. The fraction of sp³-hybridized carbons (Fsp3) is 0.176. The third kappa shape index (κ3) is 7.51. The summed E-state index contributed by atoms with van der Waals surface area (Å²) in [5.41, 5.74) is 1.50. The second-order valence-electron chi connectivity index (χ2n) is 10.2. The lowest BCUT2D eigenvalue weighted by atomic mass is 9.85. The minimum Gasteiger partial charge on any atom is -0.480 e. The van der Waals surface area contributed by atoms with Crippen LogP contribution in [0.3, 0.4) is 0 Å². The van der Waals surface area contributed by atoms with Crippen molar-refractivity contribution in [2.75, 3.05) is 6.54 Å². The maximum absolute atomic E-state index is 15.5. The number of aliphatic carboxylic acids is 1. The van der Waals surface area contributed by atoms with E-state index in [0.29, 0.717) is 29.5 Å². The highest BCUT2D eigenvalue weighted by molar-refractivity contribution is 6.02. The average Bonchev–Trinajstić information content (AvgIpc) is 3.00. The monoisotopic (exact) mass is 583 g/mol. The van der Waals surface area contributed by atoms with Gasteiger partial charge in [0.25, 0.3) is 5.91 Å². The number of carbonyl (C=O) groups excluding carboxylic acids is 1. The lowest BCUT2D eigenvalue weighted by Crippen LogP contribution is -2.45. The van der Waals surface area contributed by atoms with E-state index in [2.05, 4.69) is 0 Å². The van der Waals surface area contributed by atoms with Gasteiger partial charge < -0.3 is 20.2 Å². The first-order chi connectivity index (χ1) is 20.5. The van der Waals surface area contributed by atoms with E-state index in [0.717, 1.165) is 28.7 Å². The molecule has 0 aliphatic carbocycles. The Morgan fingerprint density at radius 3 is 1.84 bits per heavy atom. The van der Waals surface area contributed by atoms with Gasteiger partial charge in [0.15, 0.2) is 0 Å². The Labute approximate surface area is 247 Å². The summed E-state index contributed by atoms with van der Waals surface area (Å²) in [6.07, 6.45) is 0.971. The Morgan fingerprint density at radius 2 is 1.30 bits per heavy atom. The number of amides is 1. The Balaban J connectivity index is 1.76. The number of halogens is 1. The highest BCUT2D eigenvalue weighted by Gasteiger charge is 2.32. The van der Waals surface area contributed by atoms with Gasteiger partial charge in [-0.15, -0.1) is 0 Å². The maximum Gasteiger partial charge on any atom is 0.335 e. The van der Waals surface area contributed by atoms with Crippen LogP contribution in [0.15, 0.2) is 97.1 Å². The van der Waals surface area contributed by atoms with Crippen molar-refractivity contribution in [3.05, 3.63) is 131 Å². The van der Waals surface area contributed by atoms with E-state index in [1.165, 1.54) is 6.07 Å². The lowest BCUT2D eigenvalue weighted by molar-refractivity contribution is -0.138. The molecule has 1 amide bonds. The summed E-state index contributed by atoms with van der Waals surface area (Å²) >= 11 is 0. The summed E-state index contributed by atoms with van der Waals surface area (Å²) in [5.74, 6) is -6.07. The number of carbonyl (C=O) groups is 4. The van der Waals surface area contributed by atoms with Gasteiger partial charge in [0.2, 0.25) is 0 Å². The Morgan fingerprint density at radius 1 is 0.744 bits per heavy atom. The van der Waals surface area contributed by atoms with Crippen molar-refractivity contribution in [3.8, 4) is 11.1 Å². The van der Waals surface area contributed by atoms with Crippen LogP contribution in [0.5, 0.6) is 0 Å². The van der Waals surface area contributed by atoms with Crippen LogP contribution in [0.25, 0.3) is 11.1 Å². The van der Waals surface area contributed by atoms with Crippen LogP contribution in [0.4, 0.5) is 4.39 Å². The molecule has 220 valence electrons. The number of nitrogens with zero attached hydrogens (tertiary/aromatic N) is 1. The molecule has 0 saturated heterocycles. The summed E-state index contributed by atoms with van der Waals surface area (Å²) in [6, 6.07) is 25.5. The summed E-state index contributed by atoms with van der Waals surface area (Å²) in [5, 5.41) is 28.7. The topological polar surface area (TPSA) is 132 Å². The van der Waals surface area contributed by atoms with E-state index < -0.39 is 59.3 Å². The van der Waals surface area contributed by atoms with Crippen LogP contribution in [0, 0.1) is 5.82 Å². The molecule has 0 bridgehead atoms. The van der Waals surface area contributed by atoms with Gasteiger partial charge in [-0.3, -0.25) is 9.59 Å². The van der Waals surface area contributed by atoms with E-state index in [-0.39, 0.29) is 5.56 Å². The molecule has 4 rings (SSSR count). The number of aryl methyl sites for hydroxylation is 1. The zero-order valence-electron chi connectivity index (χ0n) is 23.3. The van der Waals surface area contributed by atoms with Gasteiger partial charge in [0.05, 0.1) is 11.1 Å². The predicted molar refractivity (Wildman–Crippen MR) is 158 cm³/mol. The van der Waals surface area contributed by atoms with Crippen molar-refractivity contribution in [1.29, 1.82) is 0 Å². The van der Waals surface area contributed by atoms with E-state index in [1.54, 1.807) is 43.3 Å². The van der Waals surface area contributed by atoms with Gasteiger partial charge in [0.1, 0.15) is 12.4 Å². The van der Waals surface area contributed by atoms with Gasteiger partial charge >= 0.3 is 17.9 Å². The number of hydrogen-bond acceptors (Lipinski definition) is 4. The quantitative estimate of drug-likeness (QED) is 0.180. The highest BCUT2D eigenvalue weighted by Crippen LogP contribution is 2.33. The van der Waals surface area contributed by atoms with Gasteiger partial charge in [0, 0.05) is 23.1 Å². The van der Waals surface area contributed by atoms with Crippen molar-refractivity contribution in [1.82, 2.24) is 4.90 Å². The smallest absolute Gasteiger partial charge is 0.335 e. The fourth-order valence-corrected chi connectivity index (χ4v) is 5.19. The van der Waals surface area contributed by atoms with Gasteiger partial charge in [-0.05, 0) is 60.7 Å². The van der Waals surface area contributed by atoms with E-state index in [9.17, 15) is 34.5 Å². The van der Waals surface area contributed by atoms with Crippen LogP contribution < -0.4 is 0 Å². The van der Waals surface area contributed by atoms with Crippen LogP contribution in [0.2, 0.25) is 0 Å². The highest BCUT2D eigenvalue weighted by atomic mass is 19.1. The maximum atomic E-state index is 15.5. The molecular formula is C34H30FNO7. The first kappa shape index (κ1) is 30.6. The Bertz CT molecular complexity index is 1610. The van der Waals surface area contributed by atoms with Crippen LogP contribution >= 0.6 is 0 Å². The van der Waals surface area contributed by atoms with Crippen molar-refractivity contribution >= 4 is 23.8 Å². The molecular weight excluding hydrogens is 553 g/mol. The molecule has 3 N–H and O–H groups in total. The van der Waals surface area contributed by atoms with Crippen molar-refractivity contribution in [2.45, 2.75) is 31.7 Å². The zero-order chi connectivity index (χ0) is 31.1. The van der Waals surface area contributed by atoms with Gasteiger partial charge in [-0.1, -0.05) is 72.8 Å². The molecule has 0 saturated carbocycles. The zero-order valence-corrected chi connectivity index (χ0v) is 23.3. The molecule has 0 aromatic heterocycles. The summed E-state index contributed by atoms with van der Waals surface area (Å²) in [7, 11) is 0. The molecule has 0 spiro atoms. The fourth-order valence-electron chi connectivity index (χ4n) is 5.19. The molecule has 4 aromatic rings. The molecule has 0 aliphatic rings. The van der Waals surface area contributed by atoms with E-state index >= 15 is 4.39 Å². The molecule has 43 heavy (non-hydrogen) atoms. The minimum absolute atomic E-state index is 0.280. The number of carboxylic acid groups (broad SMARTS) is 3. The molecule has 2 atom stereocenters. The van der Waals surface area contributed by atoms with Crippen LogP contribution in [-0.4, -0.2) is 56.6 Å². The summed E-state index contributed by atoms with van der Waals surface area (Å²) in [4.78, 5) is 50.1. The number of carboxylic acids is 3. The van der Waals surface area contributed by atoms with Gasteiger partial charge in [-0.2, -0.15) is 0 Å². The first-order valence-corrected chi connectivity index (χ1v) is 13.6. The van der Waals surface area contributed by atoms with Crippen LogP contribution in [0.1, 0.15) is 61.5 Å². The molecule has 8 nitrogen and oxygen atoms in total. The molecule has 0 heterocycles. The number of benzene rings is 4. The minimum atomic E-state index is -1.44. The number of aromatic carboxylic acids is 2. The Hall–Kier alpha value is -5.31. The summed E-state index contributed by atoms with van der Waals surface area (Å²) in [6.45, 7) is 0.908. The third-order valence-electron chi connectivity index (χ3n) is 7.41. The predicted octanol–water partition coefficient (Wildman–Crippen LogP) is 6.22. The Kier molecular flexibility index (Phi) is 9.67. The van der Waals surface area contributed by atoms with Gasteiger partial charge in [-0.25, -0.2) is 14.0 Å². The van der Waals surface area contributed by atoms with Crippen molar-refractivity contribution in [2.24, 2.45) is 0 Å². The molecule has 0 aliphatic heterocycles. The van der Waals surface area contributed by atoms with Crippen LogP contribution in [-0.2, 0) is 11.2 Å². The molecule has 0 unspecified atom stereocenters. The largest absolute Gasteiger partial charge is 0.480 e. The third-order valence-corrected chi connectivity index (χ3v) is 7.41. The molecule has 4 aromatic carbocycles. The second kappa shape index (κ2) is 13.6. The second-order valence-corrected chi connectivity index (χ2v) is 10.2. The first-order valence-electron chi connectivity index (χ1n) is 13.6. The molecule has 0 radical (unpaired) electrons. The SMILES string of the molecule is C[C@H]([C@H](CCc1ccccc1)c1ccc(-c2ccccc2)c(F)c1)N(CC(=O)O)C(=O)c1cc(C(=O)O)cc(C(=O)O)c1. The number of hydrogen-bond donors (Lipinski definition) is 3. The van der Waals surface area contributed by atoms with E-state index in [4.69, 9.17) is 0 Å². The normalized spacial score (nSPS) is 12.2. The van der Waals surface area contributed by atoms with Crippen molar-refractivity contribution < 1.29 is 38.9 Å². The summed E-state index contributed by atoms with van der Waals surface area (Å²) < 4.78 is 15.5. The van der Waals surface area contributed by atoms with Crippen molar-refractivity contribution in [3.63, 3.8) is 0 Å². The lowest BCUT2D eigenvalue weighted by Gasteiger charge is -2.35. The standard InChI is InChI=1S/C34H30FNO7/c1-21(36(20-31(37)38)32(39)25-16-26(33(40)41)18-27(17-25)34(42)43)28(14-12-22-8-4-2-5-9-22)24-13-15-29(30(35)19-24)23-10-6-3-7-11-23/h2-11,13,15-19,21,28H,12,14,20H2,1H3,(H,37,38)(H,40,41)(H,42,43)/t21-,28+/m1/s1.